The second-order valence-corrected chi connectivity index (χ2v) is 4.09. The fraction of sp³-hybridized carbons (Fsp3) is 0.462. The molecular weight excluding hydrogens is 214 g/mol. The first-order valence-corrected chi connectivity index (χ1v) is 5.88. The third-order valence-electron chi connectivity index (χ3n) is 2.65. The topological polar surface area (TPSA) is 49.6 Å². The highest BCUT2D eigenvalue weighted by atomic mass is 16.2. The predicted molar refractivity (Wildman–Crippen MR) is 72.5 cm³/mol. The Morgan fingerprint density at radius 2 is 1.71 bits per heavy atom. The minimum Gasteiger partial charge on any atom is -0.378 e. The SMILES string of the molecule is CCN(C(=O)CCN)c1ccc(N(C)C)cc1. The van der Waals surface area contributed by atoms with E-state index in [1.165, 1.54) is 0 Å². The summed E-state index contributed by atoms with van der Waals surface area (Å²) in [6.45, 7) is 3.03. The molecule has 0 saturated carbocycles. The summed E-state index contributed by atoms with van der Waals surface area (Å²) in [6, 6.07) is 7.95. The van der Waals surface area contributed by atoms with Gasteiger partial charge in [0, 0.05) is 45.0 Å². The van der Waals surface area contributed by atoms with Crippen LogP contribution in [0.2, 0.25) is 0 Å². The quantitative estimate of drug-likeness (QED) is 0.840. The number of nitrogens with two attached hydrogens (primary N) is 1. The molecule has 0 unspecified atom stereocenters. The zero-order valence-corrected chi connectivity index (χ0v) is 10.8. The molecule has 0 radical (unpaired) electrons. The van der Waals surface area contributed by atoms with E-state index in [-0.39, 0.29) is 5.91 Å². The molecule has 1 rings (SSSR count). The molecule has 0 aliphatic heterocycles. The fourth-order valence-electron chi connectivity index (χ4n) is 1.69. The van der Waals surface area contributed by atoms with Gasteiger partial charge >= 0.3 is 0 Å². The normalized spacial score (nSPS) is 10.1. The summed E-state index contributed by atoms with van der Waals surface area (Å²) >= 11 is 0. The van der Waals surface area contributed by atoms with E-state index < -0.39 is 0 Å². The summed E-state index contributed by atoms with van der Waals surface area (Å²) in [5, 5.41) is 0. The van der Waals surface area contributed by atoms with Crippen LogP contribution < -0.4 is 15.5 Å². The van der Waals surface area contributed by atoms with Gasteiger partial charge in [0.05, 0.1) is 0 Å². The Morgan fingerprint density at radius 3 is 2.12 bits per heavy atom. The van der Waals surface area contributed by atoms with Crippen molar-refractivity contribution in [2.24, 2.45) is 5.73 Å². The van der Waals surface area contributed by atoms with Crippen LogP contribution in [0.4, 0.5) is 11.4 Å². The van der Waals surface area contributed by atoms with Gasteiger partial charge in [-0.15, -0.1) is 0 Å². The van der Waals surface area contributed by atoms with Crippen LogP contribution in [0.3, 0.4) is 0 Å². The monoisotopic (exact) mass is 235 g/mol. The fourth-order valence-corrected chi connectivity index (χ4v) is 1.69. The second-order valence-electron chi connectivity index (χ2n) is 4.09. The maximum Gasteiger partial charge on any atom is 0.228 e. The van der Waals surface area contributed by atoms with Crippen molar-refractivity contribution in [2.75, 3.05) is 37.0 Å². The van der Waals surface area contributed by atoms with E-state index in [1.807, 2.05) is 50.2 Å². The van der Waals surface area contributed by atoms with E-state index in [1.54, 1.807) is 4.90 Å². The number of benzene rings is 1. The van der Waals surface area contributed by atoms with Gasteiger partial charge in [-0.1, -0.05) is 0 Å². The lowest BCUT2D eigenvalue weighted by Gasteiger charge is -2.22. The van der Waals surface area contributed by atoms with E-state index in [0.29, 0.717) is 19.5 Å². The Balaban J connectivity index is 2.85. The molecule has 2 N–H and O–H groups in total. The van der Waals surface area contributed by atoms with Gasteiger partial charge in [0.1, 0.15) is 0 Å². The maximum absolute atomic E-state index is 11.8. The molecule has 94 valence electrons. The van der Waals surface area contributed by atoms with Gasteiger partial charge < -0.3 is 15.5 Å². The highest BCUT2D eigenvalue weighted by molar-refractivity contribution is 5.93. The van der Waals surface area contributed by atoms with E-state index in [2.05, 4.69) is 0 Å². The van der Waals surface area contributed by atoms with Gasteiger partial charge in [-0.25, -0.2) is 0 Å². The molecule has 0 heterocycles. The third kappa shape index (κ3) is 3.46. The lowest BCUT2D eigenvalue weighted by atomic mass is 10.2. The van der Waals surface area contributed by atoms with Crippen LogP contribution >= 0.6 is 0 Å². The van der Waals surface area contributed by atoms with E-state index >= 15 is 0 Å². The number of carbonyl (C=O) groups excluding carboxylic acids is 1. The van der Waals surface area contributed by atoms with Crippen LogP contribution in [0, 0.1) is 0 Å². The Kier molecular flexibility index (Phi) is 4.97. The van der Waals surface area contributed by atoms with Gasteiger partial charge in [0.15, 0.2) is 0 Å². The van der Waals surface area contributed by atoms with Crippen molar-refractivity contribution in [1.82, 2.24) is 0 Å². The average molecular weight is 235 g/mol. The van der Waals surface area contributed by atoms with Crippen molar-refractivity contribution < 1.29 is 4.79 Å². The molecule has 0 saturated heterocycles. The van der Waals surface area contributed by atoms with Crippen LogP contribution in [0.1, 0.15) is 13.3 Å². The van der Waals surface area contributed by atoms with Crippen LogP contribution in [0.15, 0.2) is 24.3 Å². The minimum atomic E-state index is 0.0765. The molecule has 0 aromatic heterocycles. The van der Waals surface area contributed by atoms with Gasteiger partial charge in [0.2, 0.25) is 5.91 Å². The third-order valence-corrected chi connectivity index (χ3v) is 2.65. The van der Waals surface area contributed by atoms with E-state index in [9.17, 15) is 4.79 Å². The zero-order chi connectivity index (χ0) is 12.8. The lowest BCUT2D eigenvalue weighted by Crippen LogP contribution is -2.32. The van der Waals surface area contributed by atoms with E-state index in [4.69, 9.17) is 5.73 Å². The Bertz CT molecular complexity index is 359. The standard InChI is InChI=1S/C13H21N3O/c1-4-16(13(17)9-10-14)12-7-5-11(6-8-12)15(2)3/h5-8H,4,9-10,14H2,1-3H3. The highest BCUT2D eigenvalue weighted by Gasteiger charge is 2.12. The molecule has 1 aromatic rings. The van der Waals surface area contributed by atoms with Gasteiger partial charge in [-0.3, -0.25) is 4.79 Å². The largest absolute Gasteiger partial charge is 0.378 e. The molecule has 4 heteroatoms. The molecule has 0 atom stereocenters. The summed E-state index contributed by atoms with van der Waals surface area (Å²) in [6.07, 6.45) is 0.392. The summed E-state index contributed by atoms with van der Waals surface area (Å²) in [4.78, 5) is 15.6. The van der Waals surface area contributed by atoms with Crippen molar-refractivity contribution in [2.45, 2.75) is 13.3 Å². The molecule has 0 aliphatic carbocycles. The number of hydrogen-bond donors (Lipinski definition) is 1. The molecule has 4 nitrogen and oxygen atoms in total. The van der Waals surface area contributed by atoms with Crippen molar-refractivity contribution in [1.29, 1.82) is 0 Å². The summed E-state index contributed by atoms with van der Waals surface area (Å²) < 4.78 is 0. The number of nitrogens with zero attached hydrogens (tertiary/aromatic N) is 2. The first-order chi connectivity index (χ1) is 8.10. The molecule has 17 heavy (non-hydrogen) atoms. The number of anilines is 2. The van der Waals surface area contributed by atoms with Crippen molar-refractivity contribution in [3.63, 3.8) is 0 Å². The molecule has 1 aromatic carbocycles. The number of carbonyl (C=O) groups is 1. The number of rotatable bonds is 5. The van der Waals surface area contributed by atoms with Crippen LogP contribution in [0.25, 0.3) is 0 Å². The molecule has 0 aliphatic rings. The van der Waals surface area contributed by atoms with Gasteiger partial charge in [-0.2, -0.15) is 0 Å². The van der Waals surface area contributed by atoms with Crippen molar-refractivity contribution in [3.8, 4) is 0 Å². The maximum atomic E-state index is 11.8. The van der Waals surface area contributed by atoms with Crippen molar-refractivity contribution >= 4 is 17.3 Å². The average Bonchev–Trinajstić information content (AvgIpc) is 2.31. The minimum absolute atomic E-state index is 0.0765. The Morgan fingerprint density at radius 1 is 1.18 bits per heavy atom. The number of amides is 1. The lowest BCUT2D eigenvalue weighted by molar-refractivity contribution is -0.118. The Labute approximate surface area is 103 Å². The van der Waals surface area contributed by atoms with Gasteiger partial charge in [0.25, 0.3) is 0 Å². The first-order valence-electron chi connectivity index (χ1n) is 5.88. The van der Waals surface area contributed by atoms with Crippen LogP contribution in [0.5, 0.6) is 0 Å². The second kappa shape index (κ2) is 6.25. The van der Waals surface area contributed by atoms with Crippen LogP contribution in [-0.2, 0) is 4.79 Å². The molecule has 0 fully saturated rings. The summed E-state index contributed by atoms with van der Waals surface area (Å²) in [7, 11) is 3.98. The van der Waals surface area contributed by atoms with Crippen LogP contribution in [-0.4, -0.2) is 33.1 Å². The molecule has 0 spiro atoms. The first kappa shape index (κ1) is 13.5. The molecule has 1 amide bonds. The highest BCUT2D eigenvalue weighted by Crippen LogP contribution is 2.19. The summed E-state index contributed by atoms with van der Waals surface area (Å²) in [5.41, 5.74) is 7.46. The predicted octanol–water partition coefficient (Wildman–Crippen LogP) is 1.45. The van der Waals surface area contributed by atoms with Crippen molar-refractivity contribution in [3.05, 3.63) is 24.3 Å². The summed E-state index contributed by atoms with van der Waals surface area (Å²) in [5.74, 6) is 0.0765. The molecule has 0 bridgehead atoms. The number of hydrogen-bond acceptors (Lipinski definition) is 3. The molecular formula is C13H21N3O. The Hall–Kier alpha value is -1.55. The zero-order valence-electron chi connectivity index (χ0n) is 10.8. The smallest absolute Gasteiger partial charge is 0.228 e. The van der Waals surface area contributed by atoms with E-state index in [0.717, 1.165) is 11.4 Å². The van der Waals surface area contributed by atoms with Gasteiger partial charge in [-0.05, 0) is 31.2 Å².